The molecular formula is C14H17BrFNO2. The molecule has 1 aromatic rings. The standard InChI is InChI=1S/C14H17BrFNO2/c1-9-6-7-17(8-12(9)19-2)14(18)10-4-3-5-11(16)13(10)15/h3-5,9,12H,6-8H2,1-2H3. The normalized spacial score (nSPS) is 23.5. The van der Waals surface area contributed by atoms with Crippen LogP contribution in [-0.4, -0.2) is 37.1 Å². The van der Waals surface area contributed by atoms with Crippen molar-refractivity contribution in [1.29, 1.82) is 0 Å². The molecule has 0 radical (unpaired) electrons. The second-order valence-electron chi connectivity index (χ2n) is 4.89. The van der Waals surface area contributed by atoms with Crippen molar-refractivity contribution in [3.05, 3.63) is 34.1 Å². The molecule has 1 aromatic carbocycles. The fourth-order valence-electron chi connectivity index (χ4n) is 2.36. The largest absolute Gasteiger partial charge is 0.379 e. The molecule has 0 aliphatic carbocycles. The number of nitrogens with zero attached hydrogens (tertiary/aromatic N) is 1. The third-order valence-electron chi connectivity index (χ3n) is 3.66. The number of likely N-dealkylation sites (tertiary alicyclic amines) is 1. The lowest BCUT2D eigenvalue weighted by molar-refractivity contribution is -0.00161. The Kier molecular flexibility index (Phi) is 4.58. The van der Waals surface area contributed by atoms with E-state index in [4.69, 9.17) is 4.74 Å². The van der Waals surface area contributed by atoms with Gasteiger partial charge >= 0.3 is 0 Å². The summed E-state index contributed by atoms with van der Waals surface area (Å²) in [5.41, 5.74) is 0.365. The number of benzene rings is 1. The monoisotopic (exact) mass is 329 g/mol. The highest BCUT2D eigenvalue weighted by atomic mass is 79.9. The maximum atomic E-state index is 13.5. The first-order chi connectivity index (χ1) is 9.04. The quantitative estimate of drug-likeness (QED) is 0.834. The molecule has 1 aliphatic heterocycles. The van der Waals surface area contributed by atoms with Crippen LogP contribution < -0.4 is 0 Å². The number of ether oxygens (including phenoxy) is 1. The van der Waals surface area contributed by atoms with Crippen LogP contribution in [0.1, 0.15) is 23.7 Å². The maximum absolute atomic E-state index is 13.5. The Morgan fingerprint density at radius 1 is 1.53 bits per heavy atom. The molecule has 1 amide bonds. The van der Waals surface area contributed by atoms with Gasteiger partial charge in [-0.15, -0.1) is 0 Å². The zero-order valence-corrected chi connectivity index (χ0v) is 12.6. The van der Waals surface area contributed by atoms with Crippen LogP contribution in [0.15, 0.2) is 22.7 Å². The average Bonchev–Trinajstić information content (AvgIpc) is 2.41. The molecule has 5 heteroatoms. The molecule has 2 rings (SSSR count). The minimum Gasteiger partial charge on any atom is -0.379 e. The van der Waals surface area contributed by atoms with Gasteiger partial charge in [0.15, 0.2) is 0 Å². The Labute approximate surface area is 120 Å². The highest BCUT2D eigenvalue weighted by Gasteiger charge is 2.30. The van der Waals surface area contributed by atoms with Crippen molar-refractivity contribution in [3.8, 4) is 0 Å². The van der Waals surface area contributed by atoms with Crippen LogP contribution in [0.25, 0.3) is 0 Å². The van der Waals surface area contributed by atoms with Crippen LogP contribution >= 0.6 is 15.9 Å². The first kappa shape index (κ1) is 14.5. The van der Waals surface area contributed by atoms with Gasteiger partial charge in [-0.05, 0) is 40.4 Å². The molecule has 3 nitrogen and oxygen atoms in total. The van der Waals surface area contributed by atoms with E-state index in [0.29, 0.717) is 24.6 Å². The van der Waals surface area contributed by atoms with Crippen LogP contribution in [0.3, 0.4) is 0 Å². The fourth-order valence-corrected chi connectivity index (χ4v) is 2.80. The summed E-state index contributed by atoms with van der Waals surface area (Å²) in [7, 11) is 1.66. The van der Waals surface area contributed by atoms with Crippen LogP contribution in [0.5, 0.6) is 0 Å². The van der Waals surface area contributed by atoms with E-state index in [9.17, 15) is 9.18 Å². The van der Waals surface area contributed by atoms with Gasteiger partial charge in [-0.25, -0.2) is 4.39 Å². The minimum atomic E-state index is -0.417. The van der Waals surface area contributed by atoms with E-state index >= 15 is 0 Å². The first-order valence-corrected chi connectivity index (χ1v) is 7.10. The summed E-state index contributed by atoms with van der Waals surface area (Å²) in [6.07, 6.45) is 0.946. The van der Waals surface area contributed by atoms with Crippen molar-refractivity contribution in [2.75, 3.05) is 20.2 Å². The molecule has 0 bridgehead atoms. The molecule has 104 valence electrons. The molecule has 0 N–H and O–H groups in total. The van der Waals surface area contributed by atoms with Crippen molar-refractivity contribution >= 4 is 21.8 Å². The summed E-state index contributed by atoms with van der Waals surface area (Å²) in [6.45, 7) is 3.36. The third-order valence-corrected chi connectivity index (χ3v) is 4.47. The molecule has 1 heterocycles. The number of piperidine rings is 1. The molecule has 1 fully saturated rings. The van der Waals surface area contributed by atoms with Crippen LogP contribution in [0, 0.1) is 11.7 Å². The molecular weight excluding hydrogens is 313 g/mol. The first-order valence-electron chi connectivity index (χ1n) is 6.30. The number of carbonyl (C=O) groups is 1. The topological polar surface area (TPSA) is 29.5 Å². The van der Waals surface area contributed by atoms with E-state index in [2.05, 4.69) is 22.9 Å². The van der Waals surface area contributed by atoms with Gasteiger partial charge in [0.05, 0.1) is 16.1 Å². The number of carbonyl (C=O) groups excluding carboxylic acids is 1. The summed E-state index contributed by atoms with van der Waals surface area (Å²) in [4.78, 5) is 14.1. The van der Waals surface area contributed by atoms with Crippen molar-refractivity contribution in [1.82, 2.24) is 4.90 Å². The van der Waals surface area contributed by atoms with E-state index in [1.807, 2.05) is 0 Å². The number of amides is 1. The predicted octanol–water partition coefficient (Wildman–Crippen LogP) is 3.09. The molecule has 19 heavy (non-hydrogen) atoms. The Balaban J connectivity index is 2.18. The zero-order valence-electron chi connectivity index (χ0n) is 11.0. The van der Waals surface area contributed by atoms with Gasteiger partial charge < -0.3 is 9.64 Å². The summed E-state index contributed by atoms with van der Waals surface area (Å²) in [5.74, 6) is -0.134. The summed E-state index contributed by atoms with van der Waals surface area (Å²) >= 11 is 3.14. The second kappa shape index (κ2) is 6.01. The SMILES string of the molecule is COC1CN(C(=O)c2cccc(F)c2Br)CCC1C. The lowest BCUT2D eigenvalue weighted by Gasteiger charge is -2.36. The summed E-state index contributed by atoms with van der Waals surface area (Å²) in [5, 5.41) is 0. The maximum Gasteiger partial charge on any atom is 0.255 e. The van der Waals surface area contributed by atoms with Gasteiger partial charge in [0.1, 0.15) is 5.82 Å². The van der Waals surface area contributed by atoms with Crippen LogP contribution in [-0.2, 0) is 4.74 Å². The lowest BCUT2D eigenvalue weighted by Crippen LogP contribution is -2.46. The fraction of sp³-hybridized carbons (Fsp3) is 0.500. The minimum absolute atomic E-state index is 0.0463. The zero-order chi connectivity index (χ0) is 14.0. The average molecular weight is 330 g/mol. The molecule has 1 saturated heterocycles. The molecule has 0 aromatic heterocycles. The second-order valence-corrected chi connectivity index (χ2v) is 5.69. The Morgan fingerprint density at radius 2 is 2.26 bits per heavy atom. The highest BCUT2D eigenvalue weighted by molar-refractivity contribution is 9.10. The Bertz CT molecular complexity index is 481. The number of hydrogen-bond acceptors (Lipinski definition) is 2. The molecule has 2 unspecified atom stereocenters. The van der Waals surface area contributed by atoms with Crippen LogP contribution in [0.4, 0.5) is 4.39 Å². The smallest absolute Gasteiger partial charge is 0.255 e. The van der Waals surface area contributed by atoms with Crippen molar-refractivity contribution in [2.45, 2.75) is 19.4 Å². The number of halogens is 2. The van der Waals surface area contributed by atoms with E-state index < -0.39 is 5.82 Å². The van der Waals surface area contributed by atoms with Crippen molar-refractivity contribution < 1.29 is 13.9 Å². The molecule has 1 aliphatic rings. The Morgan fingerprint density at radius 3 is 2.95 bits per heavy atom. The van der Waals surface area contributed by atoms with Crippen LogP contribution in [0.2, 0.25) is 0 Å². The number of hydrogen-bond donors (Lipinski definition) is 0. The van der Waals surface area contributed by atoms with Crippen molar-refractivity contribution in [3.63, 3.8) is 0 Å². The number of rotatable bonds is 2. The summed E-state index contributed by atoms with van der Waals surface area (Å²) in [6, 6.07) is 4.51. The van der Waals surface area contributed by atoms with E-state index in [1.54, 1.807) is 24.1 Å². The van der Waals surface area contributed by atoms with E-state index in [0.717, 1.165) is 6.42 Å². The van der Waals surface area contributed by atoms with Gasteiger partial charge in [0.2, 0.25) is 0 Å². The Hall–Kier alpha value is -0.940. The van der Waals surface area contributed by atoms with Gasteiger partial charge in [-0.1, -0.05) is 13.0 Å². The summed E-state index contributed by atoms with van der Waals surface area (Å²) < 4.78 is 19.1. The predicted molar refractivity (Wildman–Crippen MR) is 74.6 cm³/mol. The lowest BCUT2D eigenvalue weighted by atomic mass is 9.95. The van der Waals surface area contributed by atoms with Crippen molar-refractivity contribution in [2.24, 2.45) is 5.92 Å². The van der Waals surface area contributed by atoms with Gasteiger partial charge in [0, 0.05) is 20.2 Å². The van der Waals surface area contributed by atoms with Gasteiger partial charge in [0.25, 0.3) is 5.91 Å². The van der Waals surface area contributed by atoms with Gasteiger partial charge in [-0.3, -0.25) is 4.79 Å². The third kappa shape index (κ3) is 2.98. The molecule has 0 saturated carbocycles. The van der Waals surface area contributed by atoms with Gasteiger partial charge in [-0.2, -0.15) is 0 Å². The number of methoxy groups -OCH3 is 1. The van der Waals surface area contributed by atoms with E-state index in [1.165, 1.54) is 6.07 Å². The molecule has 0 spiro atoms. The van der Waals surface area contributed by atoms with E-state index in [-0.39, 0.29) is 16.5 Å². The highest BCUT2D eigenvalue weighted by Crippen LogP contribution is 2.25. The molecule has 2 atom stereocenters.